The van der Waals surface area contributed by atoms with Gasteiger partial charge >= 0.3 is 5.97 Å². The summed E-state index contributed by atoms with van der Waals surface area (Å²) < 4.78 is 4.81. The van der Waals surface area contributed by atoms with E-state index in [1.807, 2.05) is 0 Å². The molecule has 0 aliphatic rings. The Morgan fingerprint density at radius 2 is 2.07 bits per heavy atom. The second-order valence-electron chi connectivity index (χ2n) is 2.58. The van der Waals surface area contributed by atoms with E-state index in [2.05, 4.69) is 0 Å². The van der Waals surface area contributed by atoms with Gasteiger partial charge in [-0.1, -0.05) is 0 Å². The number of carbonyl (C=O) groups is 2. The third-order valence-electron chi connectivity index (χ3n) is 1.72. The first-order valence-electron chi connectivity index (χ1n) is 3.77. The Balaban J connectivity index is 3.25. The first kappa shape index (κ1) is 10.0. The molecule has 5 heteroatoms. The molecule has 0 unspecified atom stereocenters. The van der Waals surface area contributed by atoms with E-state index in [0.29, 0.717) is 0 Å². The minimum atomic E-state index is -1.11. The van der Waals surface area contributed by atoms with Crippen molar-refractivity contribution < 1.29 is 19.4 Å². The van der Waals surface area contributed by atoms with Crippen molar-refractivity contribution in [3.8, 4) is 5.75 Å². The van der Waals surface area contributed by atoms with E-state index in [1.165, 1.54) is 25.3 Å². The highest BCUT2D eigenvalue weighted by Gasteiger charge is 2.12. The van der Waals surface area contributed by atoms with Crippen LogP contribution in [-0.2, 0) is 0 Å². The van der Waals surface area contributed by atoms with Crippen LogP contribution >= 0.6 is 0 Å². The number of carbonyl (C=O) groups excluding carboxylic acids is 1. The maximum atomic E-state index is 10.8. The van der Waals surface area contributed by atoms with Gasteiger partial charge in [-0.2, -0.15) is 0 Å². The number of carboxylic acids is 1. The lowest BCUT2D eigenvalue weighted by atomic mass is 10.1. The minimum absolute atomic E-state index is 0.00231. The largest absolute Gasteiger partial charge is 0.496 e. The van der Waals surface area contributed by atoms with E-state index in [-0.39, 0.29) is 16.9 Å². The molecule has 0 atom stereocenters. The Morgan fingerprint density at radius 1 is 1.43 bits per heavy atom. The third kappa shape index (κ3) is 1.82. The maximum absolute atomic E-state index is 10.8. The van der Waals surface area contributed by atoms with Gasteiger partial charge in [0.2, 0.25) is 5.91 Å². The molecule has 0 bridgehead atoms. The zero-order chi connectivity index (χ0) is 10.7. The van der Waals surface area contributed by atoms with Gasteiger partial charge in [0.25, 0.3) is 0 Å². The Kier molecular flexibility index (Phi) is 2.71. The standard InChI is InChI=1S/C9H9NO4/c1-14-7-4-5(8(10)11)2-3-6(7)9(12)13/h2-4H,1H3,(H2,10,11)(H,12,13). The number of methoxy groups -OCH3 is 1. The van der Waals surface area contributed by atoms with Gasteiger partial charge in [-0.25, -0.2) is 4.79 Å². The van der Waals surface area contributed by atoms with Crippen LogP contribution in [0, 0.1) is 0 Å². The molecule has 0 spiro atoms. The predicted molar refractivity (Wildman–Crippen MR) is 48.5 cm³/mol. The lowest BCUT2D eigenvalue weighted by Crippen LogP contribution is -2.12. The van der Waals surface area contributed by atoms with Crippen LogP contribution in [0.25, 0.3) is 0 Å². The first-order chi connectivity index (χ1) is 6.56. The van der Waals surface area contributed by atoms with Crippen molar-refractivity contribution in [1.82, 2.24) is 0 Å². The van der Waals surface area contributed by atoms with Crippen molar-refractivity contribution in [3.05, 3.63) is 29.3 Å². The molecule has 1 aromatic rings. The van der Waals surface area contributed by atoms with Gasteiger partial charge in [-0.05, 0) is 18.2 Å². The van der Waals surface area contributed by atoms with Crippen LogP contribution < -0.4 is 10.5 Å². The van der Waals surface area contributed by atoms with Crippen LogP contribution in [0.15, 0.2) is 18.2 Å². The molecule has 0 aromatic heterocycles. The average molecular weight is 195 g/mol. The average Bonchev–Trinajstić information content (AvgIpc) is 2.16. The number of ether oxygens (including phenoxy) is 1. The van der Waals surface area contributed by atoms with Gasteiger partial charge < -0.3 is 15.6 Å². The molecular weight excluding hydrogens is 186 g/mol. The van der Waals surface area contributed by atoms with Crippen LogP contribution in [0.3, 0.4) is 0 Å². The molecule has 0 aliphatic carbocycles. The number of aromatic carboxylic acids is 1. The molecule has 0 aliphatic heterocycles. The second kappa shape index (κ2) is 3.78. The normalized spacial score (nSPS) is 9.50. The Bertz CT molecular complexity index is 386. The van der Waals surface area contributed by atoms with Gasteiger partial charge in [-0.3, -0.25) is 4.79 Å². The maximum Gasteiger partial charge on any atom is 0.339 e. The fraction of sp³-hybridized carbons (Fsp3) is 0.111. The monoisotopic (exact) mass is 195 g/mol. The van der Waals surface area contributed by atoms with Crippen molar-refractivity contribution in [2.75, 3.05) is 7.11 Å². The molecule has 5 nitrogen and oxygen atoms in total. The van der Waals surface area contributed by atoms with Crippen LogP contribution in [-0.4, -0.2) is 24.1 Å². The number of carboxylic acid groups (broad SMARTS) is 1. The minimum Gasteiger partial charge on any atom is -0.496 e. The summed E-state index contributed by atoms with van der Waals surface area (Å²) >= 11 is 0. The number of rotatable bonds is 3. The van der Waals surface area contributed by atoms with E-state index in [1.54, 1.807) is 0 Å². The fourth-order valence-electron chi connectivity index (χ4n) is 1.02. The Hall–Kier alpha value is -2.04. The quantitative estimate of drug-likeness (QED) is 0.734. The second-order valence-corrected chi connectivity index (χ2v) is 2.58. The molecule has 74 valence electrons. The van der Waals surface area contributed by atoms with Gasteiger partial charge in [0, 0.05) is 5.56 Å². The Morgan fingerprint density at radius 3 is 2.50 bits per heavy atom. The third-order valence-corrected chi connectivity index (χ3v) is 1.72. The summed E-state index contributed by atoms with van der Waals surface area (Å²) in [4.78, 5) is 21.4. The van der Waals surface area contributed by atoms with Crippen molar-refractivity contribution in [1.29, 1.82) is 0 Å². The molecule has 0 heterocycles. The molecule has 0 saturated heterocycles. The highest BCUT2D eigenvalue weighted by atomic mass is 16.5. The van der Waals surface area contributed by atoms with Crippen molar-refractivity contribution in [2.24, 2.45) is 5.73 Å². The van der Waals surface area contributed by atoms with Gasteiger partial charge in [0.05, 0.1) is 7.11 Å². The molecule has 14 heavy (non-hydrogen) atoms. The summed E-state index contributed by atoms with van der Waals surface area (Å²) in [6.45, 7) is 0. The zero-order valence-electron chi connectivity index (χ0n) is 7.48. The highest BCUT2D eigenvalue weighted by molar-refractivity contribution is 5.96. The first-order valence-corrected chi connectivity index (χ1v) is 3.77. The topological polar surface area (TPSA) is 89.6 Å². The van der Waals surface area contributed by atoms with Crippen LogP contribution in [0.4, 0.5) is 0 Å². The lowest BCUT2D eigenvalue weighted by Gasteiger charge is -2.05. The number of benzene rings is 1. The molecule has 0 saturated carbocycles. The number of hydrogen-bond acceptors (Lipinski definition) is 3. The summed E-state index contributed by atoms with van der Waals surface area (Å²) in [6, 6.07) is 3.92. The molecule has 1 aromatic carbocycles. The number of hydrogen-bond donors (Lipinski definition) is 2. The number of primary amides is 1. The van der Waals surface area contributed by atoms with E-state index < -0.39 is 11.9 Å². The van der Waals surface area contributed by atoms with Crippen LogP contribution in [0.1, 0.15) is 20.7 Å². The summed E-state index contributed by atoms with van der Waals surface area (Å²) in [5.41, 5.74) is 5.23. The predicted octanol–water partition coefficient (Wildman–Crippen LogP) is 0.492. The molecular formula is C9H9NO4. The van der Waals surface area contributed by atoms with E-state index in [9.17, 15) is 9.59 Å². The fourth-order valence-corrected chi connectivity index (χ4v) is 1.02. The summed E-state index contributed by atoms with van der Waals surface area (Å²) in [6.07, 6.45) is 0. The van der Waals surface area contributed by atoms with Gasteiger partial charge in [0.1, 0.15) is 11.3 Å². The van der Waals surface area contributed by atoms with Gasteiger partial charge in [-0.15, -0.1) is 0 Å². The van der Waals surface area contributed by atoms with Gasteiger partial charge in [0.15, 0.2) is 0 Å². The van der Waals surface area contributed by atoms with Crippen LogP contribution in [0.2, 0.25) is 0 Å². The molecule has 0 fully saturated rings. The summed E-state index contributed by atoms with van der Waals surface area (Å²) in [5, 5.41) is 8.73. The van der Waals surface area contributed by atoms with Crippen molar-refractivity contribution >= 4 is 11.9 Å². The molecule has 0 radical (unpaired) electrons. The molecule has 1 rings (SSSR count). The van der Waals surface area contributed by atoms with E-state index in [4.69, 9.17) is 15.6 Å². The number of amides is 1. The van der Waals surface area contributed by atoms with Crippen molar-refractivity contribution in [2.45, 2.75) is 0 Å². The summed E-state index contributed by atoms with van der Waals surface area (Å²) in [5.74, 6) is -1.62. The van der Waals surface area contributed by atoms with Crippen LogP contribution in [0.5, 0.6) is 5.75 Å². The Labute approximate surface area is 80.1 Å². The lowest BCUT2D eigenvalue weighted by molar-refractivity contribution is 0.0692. The zero-order valence-corrected chi connectivity index (χ0v) is 7.48. The highest BCUT2D eigenvalue weighted by Crippen LogP contribution is 2.19. The SMILES string of the molecule is COc1cc(C(N)=O)ccc1C(=O)O. The summed E-state index contributed by atoms with van der Waals surface area (Å²) in [7, 11) is 1.33. The van der Waals surface area contributed by atoms with E-state index in [0.717, 1.165) is 0 Å². The molecule has 1 amide bonds. The van der Waals surface area contributed by atoms with E-state index >= 15 is 0 Å². The smallest absolute Gasteiger partial charge is 0.339 e. The molecule has 3 N–H and O–H groups in total. The number of nitrogens with two attached hydrogens (primary N) is 1. The van der Waals surface area contributed by atoms with Crippen molar-refractivity contribution in [3.63, 3.8) is 0 Å².